The second-order valence-electron chi connectivity index (χ2n) is 5.63. The van der Waals surface area contributed by atoms with Crippen molar-refractivity contribution in [3.63, 3.8) is 0 Å². The first-order valence-corrected chi connectivity index (χ1v) is 8.28. The van der Waals surface area contributed by atoms with E-state index in [2.05, 4.69) is 31.2 Å². The molecule has 136 valence electrons. The highest BCUT2D eigenvalue weighted by Crippen LogP contribution is 2.34. The number of carbonyl (C=O) groups excluding carboxylic acids is 2. The molecule has 1 aromatic carbocycles. The van der Waals surface area contributed by atoms with Crippen molar-refractivity contribution in [1.82, 2.24) is 14.9 Å². The third-order valence-corrected chi connectivity index (χ3v) is 4.35. The molecule has 26 heavy (non-hydrogen) atoms. The summed E-state index contributed by atoms with van der Waals surface area (Å²) in [6.07, 6.45) is -0.951. The van der Waals surface area contributed by atoms with E-state index in [1.807, 2.05) is 0 Å². The van der Waals surface area contributed by atoms with Crippen molar-refractivity contribution < 1.29 is 22.8 Å². The molecule has 6 nitrogen and oxygen atoms in total. The van der Waals surface area contributed by atoms with E-state index in [4.69, 9.17) is 0 Å². The van der Waals surface area contributed by atoms with E-state index in [-0.39, 0.29) is 23.6 Å². The van der Waals surface area contributed by atoms with E-state index in [1.165, 1.54) is 12.1 Å². The maximum atomic E-state index is 13.4. The summed E-state index contributed by atoms with van der Waals surface area (Å²) < 4.78 is 40.3. The van der Waals surface area contributed by atoms with Gasteiger partial charge in [-0.25, -0.2) is 23.1 Å². The minimum atomic E-state index is -2.69. The monoisotopic (exact) mass is 428 g/mol. The van der Waals surface area contributed by atoms with Crippen LogP contribution in [0.25, 0.3) is 0 Å². The Balaban J connectivity index is 1.78. The van der Waals surface area contributed by atoms with E-state index in [9.17, 15) is 22.8 Å². The highest BCUT2D eigenvalue weighted by atomic mass is 79.9. The number of fused-ring (bicyclic) bond motifs is 1. The predicted molar refractivity (Wildman–Crippen MR) is 89.4 cm³/mol. The molecule has 3 rings (SSSR count). The molecule has 2 amide bonds. The van der Waals surface area contributed by atoms with Gasteiger partial charge in [-0.15, -0.1) is 0 Å². The predicted octanol–water partition coefficient (Wildman–Crippen LogP) is 2.82. The molecule has 0 saturated carbocycles. The molecule has 0 bridgehead atoms. The summed E-state index contributed by atoms with van der Waals surface area (Å²) >= 11 is 3.21. The van der Waals surface area contributed by atoms with Crippen LogP contribution in [0.3, 0.4) is 0 Å². The summed E-state index contributed by atoms with van der Waals surface area (Å²) in [6.45, 7) is -0.740. The van der Waals surface area contributed by atoms with Crippen LogP contribution in [0.1, 0.15) is 21.8 Å². The van der Waals surface area contributed by atoms with Gasteiger partial charge in [-0.2, -0.15) is 0 Å². The lowest BCUT2D eigenvalue weighted by atomic mass is 9.89. The van der Waals surface area contributed by atoms with Crippen LogP contribution in [0.2, 0.25) is 0 Å². The Morgan fingerprint density at radius 1 is 1.35 bits per heavy atom. The topological polar surface area (TPSA) is 75.2 Å². The lowest BCUT2D eigenvalue weighted by Gasteiger charge is -2.33. The van der Waals surface area contributed by atoms with Crippen LogP contribution in [-0.2, 0) is 4.79 Å². The number of anilines is 1. The van der Waals surface area contributed by atoms with Gasteiger partial charge in [0.2, 0.25) is 18.3 Å². The Morgan fingerprint density at radius 3 is 2.69 bits per heavy atom. The zero-order valence-corrected chi connectivity index (χ0v) is 14.7. The molecular formula is C16H12BrF3N4O2. The molecule has 0 aliphatic carbocycles. The van der Waals surface area contributed by atoms with Crippen molar-refractivity contribution in [2.45, 2.75) is 12.3 Å². The second kappa shape index (κ2) is 7.40. The second-order valence-corrected chi connectivity index (χ2v) is 6.55. The Kier molecular flexibility index (Phi) is 5.21. The lowest BCUT2D eigenvalue weighted by molar-refractivity contribution is -0.117. The Morgan fingerprint density at radius 2 is 2.04 bits per heavy atom. The van der Waals surface area contributed by atoms with E-state index in [1.54, 1.807) is 6.07 Å². The fourth-order valence-corrected chi connectivity index (χ4v) is 3.07. The molecule has 0 radical (unpaired) electrons. The summed E-state index contributed by atoms with van der Waals surface area (Å²) in [7, 11) is 0. The number of amides is 2. The highest BCUT2D eigenvalue weighted by molar-refractivity contribution is 9.10. The van der Waals surface area contributed by atoms with Gasteiger partial charge in [-0.1, -0.05) is 15.9 Å². The number of nitrogens with zero attached hydrogens (tertiary/aromatic N) is 3. The van der Waals surface area contributed by atoms with Crippen LogP contribution in [0.5, 0.6) is 0 Å². The lowest BCUT2D eigenvalue weighted by Crippen LogP contribution is -2.45. The van der Waals surface area contributed by atoms with Gasteiger partial charge in [0.15, 0.2) is 5.82 Å². The van der Waals surface area contributed by atoms with Gasteiger partial charge in [0, 0.05) is 16.6 Å². The van der Waals surface area contributed by atoms with Gasteiger partial charge >= 0.3 is 0 Å². The zero-order valence-electron chi connectivity index (χ0n) is 13.1. The van der Waals surface area contributed by atoms with Gasteiger partial charge in [0.05, 0.1) is 18.3 Å². The smallest absolute Gasteiger partial charge is 0.254 e. The third-order valence-electron chi connectivity index (χ3n) is 3.86. The first-order valence-electron chi connectivity index (χ1n) is 7.49. The molecule has 2 aromatic rings. The number of carbonyl (C=O) groups is 2. The number of hydrogen-bond donors (Lipinski definition) is 1. The summed E-state index contributed by atoms with van der Waals surface area (Å²) in [5, 5.41) is 2.30. The molecule has 2 heterocycles. The molecule has 1 aromatic heterocycles. The first kappa shape index (κ1) is 18.3. The van der Waals surface area contributed by atoms with E-state index in [0.717, 1.165) is 17.3 Å². The average molecular weight is 429 g/mol. The molecule has 1 aliphatic heterocycles. The summed E-state index contributed by atoms with van der Waals surface area (Å²) in [5.74, 6) is -3.19. The highest BCUT2D eigenvalue weighted by Gasteiger charge is 2.37. The minimum absolute atomic E-state index is 0.135. The normalized spacial score (nSPS) is 16.6. The van der Waals surface area contributed by atoms with Gasteiger partial charge in [0.1, 0.15) is 6.54 Å². The van der Waals surface area contributed by atoms with Crippen LogP contribution < -0.4 is 5.32 Å². The van der Waals surface area contributed by atoms with Crippen LogP contribution in [0.15, 0.2) is 35.1 Å². The summed E-state index contributed by atoms with van der Waals surface area (Å²) in [4.78, 5) is 32.8. The van der Waals surface area contributed by atoms with Crippen molar-refractivity contribution in [1.29, 1.82) is 0 Å². The maximum absolute atomic E-state index is 13.4. The number of nitrogens with one attached hydrogen (secondary N) is 1. The molecular weight excluding hydrogens is 417 g/mol. The largest absolute Gasteiger partial charge is 0.328 e. The summed E-state index contributed by atoms with van der Waals surface area (Å²) in [5.41, 5.74) is 0.383. The quantitative estimate of drug-likeness (QED) is 0.812. The Labute approximate surface area is 154 Å². The van der Waals surface area contributed by atoms with E-state index >= 15 is 0 Å². The van der Waals surface area contributed by atoms with Gasteiger partial charge < -0.3 is 4.90 Å². The van der Waals surface area contributed by atoms with Crippen molar-refractivity contribution in [2.75, 3.05) is 18.4 Å². The van der Waals surface area contributed by atoms with Crippen LogP contribution in [0.4, 0.5) is 19.1 Å². The van der Waals surface area contributed by atoms with Crippen molar-refractivity contribution in [2.24, 2.45) is 0 Å². The Bertz CT molecular complexity index is 848. The molecule has 1 N–H and O–H groups in total. The summed E-state index contributed by atoms with van der Waals surface area (Å²) in [6, 6.07) is 4.52. The van der Waals surface area contributed by atoms with Crippen LogP contribution >= 0.6 is 15.9 Å². The first-order chi connectivity index (χ1) is 12.3. The van der Waals surface area contributed by atoms with E-state index < -0.39 is 36.5 Å². The van der Waals surface area contributed by atoms with Gasteiger partial charge in [-0.3, -0.25) is 14.9 Å². The van der Waals surface area contributed by atoms with Gasteiger partial charge in [0.25, 0.3) is 5.91 Å². The molecule has 1 aliphatic rings. The molecule has 1 atom stereocenters. The standard InChI is InChI=1S/C16H12BrF3N4O2/c17-8-1-2-10-11(3-8)12(14(19)20)6-24(15(10)26)7-13(25)23-16-21-4-9(18)5-22-16/h1-5,12,14H,6-7H2,(H,21,22,23,25)/t12-/m0/s1. The number of aromatic nitrogens is 2. The maximum Gasteiger partial charge on any atom is 0.254 e. The number of hydrogen-bond acceptors (Lipinski definition) is 4. The molecule has 0 unspecified atom stereocenters. The van der Waals surface area contributed by atoms with Crippen molar-refractivity contribution >= 4 is 33.7 Å². The van der Waals surface area contributed by atoms with E-state index in [0.29, 0.717) is 4.47 Å². The number of benzene rings is 1. The fraction of sp³-hybridized carbons (Fsp3) is 0.250. The van der Waals surface area contributed by atoms with Gasteiger partial charge in [-0.05, 0) is 23.8 Å². The molecule has 0 fully saturated rings. The zero-order chi connectivity index (χ0) is 18.8. The third kappa shape index (κ3) is 3.85. The fourth-order valence-electron chi connectivity index (χ4n) is 2.69. The number of alkyl halides is 2. The number of halogens is 4. The SMILES string of the molecule is O=C(CN1C[C@H](C(F)F)c2cc(Br)ccc2C1=O)Nc1ncc(F)cn1. The molecule has 0 saturated heterocycles. The Hall–Kier alpha value is -2.49. The van der Waals surface area contributed by atoms with Crippen LogP contribution in [0, 0.1) is 5.82 Å². The van der Waals surface area contributed by atoms with Crippen LogP contribution in [-0.4, -0.2) is 46.2 Å². The van der Waals surface area contributed by atoms with Crippen molar-refractivity contribution in [3.8, 4) is 0 Å². The molecule has 0 spiro atoms. The molecule has 10 heteroatoms. The number of rotatable bonds is 4. The minimum Gasteiger partial charge on any atom is -0.328 e. The van der Waals surface area contributed by atoms with Crippen molar-refractivity contribution in [3.05, 3.63) is 52.0 Å². The average Bonchev–Trinajstić information content (AvgIpc) is 2.59.